The van der Waals surface area contributed by atoms with Gasteiger partial charge in [-0.3, -0.25) is 0 Å². The van der Waals surface area contributed by atoms with Gasteiger partial charge in [0.05, 0.1) is 6.61 Å². The third-order valence-corrected chi connectivity index (χ3v) is 2.34. The monoisotopic (exact) mass is 247 g/mol. The number of carbonyl (C=O) groups excluding carboxylic acids is 1. The Morgan fingerprint density at radius 1 is 1.39 bits per heavy atom. The maximum absolute atomic E-state index is 11.6. The van der Waals surface area contributed by atoms with E-state index in [2.05, 4.69) is 4.98 Å². The van der Waals surface area contributed by atoms with Gasteiger partial charge in [0, 0.05) is 5.56 Å². The fourth-order valence-corrected chi connectivity index (χ4v) is 1.50. The molecule has 2 aromatic rings. The molecule has 0 unspecified atom stereocenters. The fourth-order valence-electron chi connectivity index (χ4n) is 1.50. The second-order valence-corrected chi connectivity index (χ2v) is 3.65. The Morgan fingerprint density at radius 3 is 2.78 bits per heavy atom. The molecule has 1 aromatic carbocycles. The van der Waals surface area contributed by atoms with E-state index in [4.69, 9.17) is 14.3 Å². The van der Waals surface area contributed by atoms with Crippen molar-refractivity contribution in [2.45, 2.75) is 6.92 Å². The standard InChI is InChI=1S/C13H13NO4/c1-9-11(13(16)17-8-7-15)14-12(18-9)10-5-3-2-4-6-10/h2-6,15H,7-8H2,1H3. The molecule has 5 heteroatoms. The number of ether oxygens (including phenoxy) is 1. The van der Waals surface area contributed by atoms with Crippen molar-refractivity contribution in [1.82, 2.24) is 4.98 Å². The van der Waals surface area contributed by atoms with Gasteiger partial charge in [-0.15, -0.1) is 0 Å². The first-order chi connectivity index (χ1) is 8.72. The summed E-state index contributed by atoms with van der Waals surface area (Å²) in [6, 6.07) is 9.29. The number of aromatic nitrogens is 1. The summed E-state index contributed by atoms with van der Waals surface area (Å²) in [7, 11) is 0. The highest BCUT2D eigenvalue weighted by Gasteiger charge is 2.18. The Bertz CT molecular complexity index is 533. The Hall–Kier alpha value is -2.14. The first kappa shape index (κ1) is 12.3. The topological polar surface area (TPSA) is 72.6 Å². The summed E-state index contributed by atoms with van der Waals surface area (Å²) in [5, 5.41) is 8.59. The summed E-state index contributed by atoms with van der Waals surface area (Å²) in [4.78, 5) is 15.7. The van der Waals surface area contributed by atoms with E-state index in [0.29, 0.717) is 11.7 Å². The molecule has 0 amide bonds. The zero-order chi connectivity index (χ0) is 13.0. The minimum absolute atomic E-state index is 0.0498. The minimum atomic E-state index is -0.590. The van der Waals surface area contributed by atoms with Crippen molar-refractivity contribution < 1.29 is 19.1 Å². The normalized spacial score (nSPS) is 10.3. The molecule has 0 fully saturated rings. The maximum Gasteiger partial charge on any atom is 0.360 e. The number of esters is 1. The summed E-state index contributed by atoms with van der Waals surface area (Å²) in [5.41, 5.74) is 0.934. The highest BCUT2D eigenvalue weighted by Crippen LogP contribution is 2.21. The van der Waals surface area contributed by atoms with E-state index in [1.165, 1.54) is 0 Å². The van der Waals surface area contributed by atoms with E-state index >= 15 is 0 Å². The van der Waals surface area contributed by atoms with Crippen LogP contribution >= 0.6 is 0 Å². The molecule has 1 N–H and O–H groups in total. The molecule has 0 atom stereocenters. The van der Waals surface area contributed by atoms with Gasteiger partial charge in [-0.2, -0.15) is 0 Å². The first-order valence-electron chi connectivity index (χ1n) is 5.53. The molecule has 0 aliphatic carbocycles. The van der Waals surface area contributed by atoms with Gasteiger partial charge in [0.2, 0.25) is 5.89 Å². The molecule has 0 aliphatic rings. The number of nitrogens with zero attached hydrogens (tertiary/aromatic N) is 1. The molecule has 1 heterocycles. The van der Waals surface area contributed by atoms with E-state index in [1.807, 2.05) is 30.3 Å². The van der Waals surface area contributed by atoms with Crippen molar-refractivity contribution >= 4 is 5.97 Å². The van der Waals surface area contributed by atoms with E-state index in [1.54, 1.807) is 6.92 Å². The van der Waals surface area contributed by atoms with Gasteiger partial charge in [0.1, 0.15) is 12.4 Å². The second-order valence-electron chi connectivity index (χ2n) is 3.65. The lowest BCUT2D eigenvalue weighted by Crippen LogP contribution is -2.10. The summed E-state index contributed by atoms with van der Waals surface area (Å²) in [6.45, 7) is 1.38. The van der Waals surface area contributed by atoms with Gasteiger partial charge < -0.3 is 14.3 Å². The molecular weight excluding hydrogens is 234 g/mol. The van der Waals surface area contributed by atoms with Crippen LogP contribution in [0.25, 0.3) is 11.5 Å². The van der Waals surface area contributed by atoms with Crippen LogP contribution in [-0.4, -0.2) is 29.3 Å². The van der Waals surface area contributed by atoms with Crippen LogP contribution in [0.15, 0.2) is 34.7 Å². The molecule has 94 valence electrons. The van der Waals surface area contributed by atoms with E-state index in [-0.39, 0.29) is 18.9 Å². The Balaban J connectivity index is 2.25. The van der Waals surface area contributed by atoms with Crippen LogP contribution in [0.1, 0.15) is 16.2 Å². The highest BCUT2D eigenvalue weighted by atomic mass is 16.5. The summed E-state index contributed by atoms with van der Waals surface area (Å²) in [6.07, 6.45) is 0. The minimum Gasteiger partial charge on any atom is -0.458 e. The number of hydrogen-bond donors (Lipinski definition) is 1. The molecule has 2 rings (SSSR count). The third kappa shape index (κ3) is 2.57. The molecule has 0 radical (unpaired) electrons. The van der Waals surface area contributed by atoms with Crippen molar-refractivity contribution in [3.8, 4) is 11.5 Å². The number of rotatable bonds is 4. The molecule has 0 bridgehead atoms. The van der Waals surface area contributed by atoms with Gasteiger partial charge in [0.15, 0.2) is 5.69 Å². The molecule has 0 spiro atoms. The summed E-state index contributed by atoms with van der Waals surface area (Å²) >= 11 is 0. The van der Waals surface area contributed by atoms with Crippen LogP contribution in [0.2, 0.25) is 0 Å². The van der Waals surface area contributed by atoms with Crippen LogP contribution in [0, 0.1) is 6.92 Å². The number of aliphatic hydroxyl groups is 1. The van der Waals surface area contributed by atoms with Gasteiger partial charge in [-0.25, -0.2) is 9.78 Å². The number of carbonyl (C=O) groups is 1. The predicted molar refractivity (Wildman–Crippen MR) is 64.0 cm³/mol. The Morgan fingerprint density at radius 2 is 2.11 bits per heavy atom. The lowest BCUT2D eigenvalue weighted by atomic mass is 10.2. The lowest BCUT2D eigenvalue weighted by molar-refractivity contribution is 0.0426. The molecule has 0 saturated carbocycles. The summed E-state index contributed by atoms with van der Waals surface area (Å²) in [5.74, 6) is 0.188. The molecule has 0 saturated heterocycles. The predicted octanol–water partition coefficient (Wildman–Crippen LogP) is 1.80. The van der Waals surface area contributed by atoms with Crippen molar-refractivity contribution in [2.75, 3.05) is 13.2 Å². The van der Waals surface area contributed by atoms with Crippen LogP contribution in [0.3, 0.4) is 0 Å². The van der Waals surface area contributed by atoms with E-state index in [0.717, 1.165) is 5.56 Å². The van der Waals surface area contributed by atoms with Crippen molar-refractivity contribution in [3.05, 3.63) is 41.8 Å². The molecule has 0 aliphatic heterocycles. The quantitative estimate of drug-likeness (QED) is 0.834. The third-order valence-electron chi connectivity index (χ3n) is 2.34. The maximum atomic E-state index is 11.6. The zero-order valence-electron chi connectivity index (χ0n) is 9.92. The lowest BCUT2D eigenvalue weighted by Gasteiger charge is -1.98. The van der Waals surface area contributed by atoms with Crippen molar-refractivity contribution in [3.63, 3.8) is 0 Å². The molecule has 1 aromatic heterocycles. The Kier molecular flexibility index (Phi) is 3.74. The summed E-state index contributed by atoms with van der Waals surface area (Å²) < 4.78 is 10.2. The average molecular weight is 247 g/mol. The average Bonchev–Trinajstić information content (AvgIpc) is 2.79. The van der Waals surface area contributed by atoms with Crippen LogP contribution in [0.5, 0.6) is 0 Å². The van der Waals surface area contributed by atoms with E-state index in [9.17, 15) is 4.79 Å². The Labute approximate surface area is 104 Å². The smallest absolute Gasteiger partial charge is 0.360 e. The van der Waals surface area contributed by atoms with Crippen LogP contribution in [-0.2, 0) is 4.74 Å². The van der Waals surface area contributed by atoms with E-state index < -0.39 is 5.97 Å². The molecular formula is C13H13NO4. The van der Waals surface area contributed by atoms with Gasteiger partial charge >= 0.3 is 5.97 Å². The highest BCUT2D eigenvalue weighted by molar-refractivity contribution is 5.88. The van der Waals surface area contributed by atoms with Crippen LogP contribution < -0.4 is 0 Å². The van der Waals surface area contributed by atoms with Crippen molar-refractivity contribution in [1.29, 1.82) is 0 Å². The van der Waals surface area contributed by atoms with Gasteiger partial charge in [-0.1, -0.05) is 18.2 Å². The number of aliphatic hydroxyl groups excluding tert-OH is 1. The van der Waals surface area contributed by atoms with Crippen molar-refractivity contribution in [2.24, 2.45) is 0 Å². The molecule has 18 heavy (non-hydrogen) atoms. The first-order valence-corrected chi connectivity index (χ1v) is 5.53. The largest absolute Gasteiger partial charge is 0.458 e. The number of hydrogen-bond acceptors (Lipinski definition) is 5. The number of oxazole rings is 1. The second kappa shape index (κ2) is 5.46. The SMILES string of the molecule is Cc1oc(-c2ccccc2)nc1C(=O)OCCO. The zero-order valence-corrected chi connectivity index (χ0v) is 9.92. The number of aryl methyl sites for hydroxylation is 1. The van der Waals surface area contributed by atoms with Gasteiger partial charge in [0.25, 0.3) is 0 Å². The number of benzene rings is 1. The van der Waals surface area contributed by atoms with Gasteiger partial charge in [-0.05, 0) is 19.1 Å². The fraction of sp³-hybridized carbons (Fsp3) is 0.231. The van der Waals surface area contributed by atoms with Crippen LogP contribution in [0.4, 0.5) is 0 Å². The molecule has 5 nitrogen and oxygen atoms in total.